The molecule has 0 amide bonds. The minimum absolute atomic E-state index is 0.0867. The van der Waals surface area contributed by atoms with E-state index in [9.17, 15) is 24.8 Å². The van der Waals surface area contributed by atoms with Crippen LogP contribution in [-0.4, -0.2) is 34.3 Å². The number of nitro groups is 1. The lowest BCUT2D eigenvalue weighted by atomic mass is 9.96. The maximum Gasteiger partial charge on any atom is 0.338 e. The van der Waals surface area contributed by atoms with Gasteiger partial charge in [0.1, 0.15) is 5.75 Å². The van der Waals surface area contributed by atoms with Crippen molar-refractivity contribution >= 4 is 45.0 Å². The third kappa shape index (κ3) is 4.56. The number of phenolic OH excluding ortho intramolecular Hbond substituents is 1. The third-order valence-electron chi connectivity index (χ3n) is 5.52. The van der Waals surface area contributed by atoms with Crippen LogP contribution in [0.25, 0.3) is 6.08 Å². The SMILES string of the molecule is CCOC(=O)C1=C(C)N=c2sc(=Cc3cc(Br)cc([N+](=O)[O-])c3O)c(=O)n2C1c1ccc(OC)cc1. The summed E-state index contributed by atoms with van der Waals surface area (Å²) >= 11 is 4.24. The number of hydrogen-bond acceptors (Lipinski definition) is 9. The molecule has 2 aromatic carbocycles. The monoisotopic (exact) mass is 573 g/mol. The van der Waals surface area contributed by atoms with Crippen LogP contribution in [0.1, 0.15) is 31.0 Å². The Bertz CT molecular complexity index is 1590. The fourth-order valence-corrected chi connectivity index (χ4v) is 5.39. The molecule has 1 N–H and O–H groups in total. The van der Waals surface area contributed by atoms with Crippen LogP contribution in [-0.2, 0) is 9.53 Å². The van der Waals surface area contributed by atoms with E-state index in [1.54, 1.807) is 38.1 Å². The highest BCUT2D eigenvalue weighted by molar-refractivity contribution is 9.10. The van der Waals surface area contributed by atoms with Crippen molar-refractivity contribution in [3.05, 3.63) is 93.1 Å². The minimum atomic E-state index is -0.821. The number of thiazole rings is 1. The fraction of sp³-hybridized carbons (Fsp3) is 0.208. The zero-order valence-corrected chi connectivity index (χ0v) is 21.8. The van der Waals surface area contributed by atoms with Crippen molar-refractivity contribution in [3.63, 3.8) is 0 Å². The lowest BCUT2D eigenvalue weighted by Crippen LogP contribution is -2.39. The van der Waals surface area contributed by atoms with Crippen molar-refractivity contribution in [1.29, 1.82) is 0 Å². The highest BCUT2D eigenvalue weighted by Gasteiger charge is 2.33. The standard InChI is InChI=1S/C24H20BrN3O7S/c1-4-35-23(31)19-12(2)26-24-27(20(19)13-5-7-16(34-3)8-6-13)22(30)18(36-24)10-14-9-15(25)11-17(21(14)29)28(32)33/h5-11,20,29H,4H2,1-3H3. The van der Waals surface area contributed by atoms with Gasteiger partial charge in [0.25, 0.3) is 5.56 Å². The average Bonchev–Trinajstić information content (AvgIpc) is 3.14. The van der Waals surface area contributed by atoms with Gasteiger partial charge in [-0.25, -0.2) is 9.79 Å². The number of aromatic nitrogens is 1. The van der Waals surface area contributed by atoms with Crippen LogP contribution in [0.5, 0.6) is 11.5 Å². The summed E-state index contributed by atoms with van der Waals surface area (Å²) in [5.41, 5.74) is 0.381. The Morgan fingerprint density at radius 1 is 1.33 bits per heavy atom. The molecule has 1 aromatic heterocycles. The third-order valence-corrected chi connectivity index (χ3v) is 6.96. The van der Waals surface area contributed by atoms with Gasteiger partial charge < -0.3 is 14.6 Å². The van der Waals surface area contributed by atoms with Gasteiger partial charge in [-0.2, -0.15) is 0 Å². The summed E-state index contributed by atoms with van der Waals surface area (Å²) in [5, 5.41) is 21.7. The van der Waals surface area contributed by atoms with E-state index in [1.165, 1.54) is 29.9 Å². The summed E-state index contributed by atoms with van der Waals surface area (Å²) in [7, 11) is 1.54. The van der Waals surface area contributed by atoms with E-state index in [0.29, 0.717) is 26.3 Å². The first-order chi connectivity index (χ1) is 17.2. The first kappa shape index (κ1) is 25.3. The van der Waals surface area contributed by atoms with Gasteiger partial charge in [0.15, 0.2) is 4.80 Å². The molecule has 1 aliphatic heterocycles. The summed E-state index contributed by atoms with van der Waals surface area (Å²) < 4.78 is 12.4. The van der Waals surface area contributed by atoms with Gasteiger partial charge in [-0.1, -0.05) is 39.4 Å². The molecule has 1 aliphatic rings. The molecule has 0 fully saturated rings. The van der Waals surface area contributed by atoms with E-state index in [2.05, 4.69) is 20.9 Å². The summed E-state index contributed by atoms with van der Waals surface area (Å²) in [6.45, 7) is 3.51. The first-order valence-electron chi connectivity index (χ1n) is 10.7. The molecule has 0 spiro atoms. The van der Waals surface area contributed by atoms with Crippen LogP contribution in [0.4, 0.5) is 5.69 Å². The number of nitro benzene ring substituents is 1. The summed E-state index contributed by atoms with van der Waals surface area (Å²) in [6, 6.07) is 8.77. The molecule has 3 aromatic rings. The van der Waals surface area contributed by atoms with Crippen molar-refractivity contribution in [3.8, 4) is 11.5 Å². The highest BCUT2D eigenvalue weighted by atomic mass is 79.9. The summed E-state index contributed by atoms with van der Waals surface area (Å²) in [6.07, 6.45) is 1.37. The lowest BCUT2D eigenvalue weighted by molar-refractivity contribution is -0.385. The Balaban J connectivity index is 1.97. The minimum Gasteiger partial charge on any atom is -0.502 e. The van der Waals surface area contributed by atoms with Gasteiger partial charge in [-0.3, -0.25) is 19.5 Å². The maximum atomic E-state index is 13.6. The molecular formula is C24H20BrN3O7S. The number of methoxy groups -OCH3 is 1. The van der Waals surface area contributed by atoms with Crippen molar-refractivity contribution in [2.45, 2.75) is 19.9 Å². The van der Waals surface area contributed by atoms with Crippen molar-refractivity contribution < 1.29 is 24.3 Å². The van der Waals surface area contributed by atoms with Crippen LogP contribution in [0.3, 0.4) is 0 Å². The molecule has 0 saturated carbocycles. The van der Waals surface area contributed by atoms with Gasteiger partial charge in [0, 0.05) is 16.1 Å². The maximum absolute atomic E-state index is 13.6. The number of phenols is 1. The van der Waals surface area contributed by atoms with E-state index in [1.807, 2.05) is 0 Å². The van der Waals surface area contributed by atoms with Gasteiger partial charge in [0.2, 0.25) is 5.75 Å². The number of allylic oxidation sites excluding steroid dienone is 1. The highest BCUT2D eigenvalue weighted by Crippen LogP contribution is 2.34. The normalized spacial score (nSPS) is 15.3. The molecule has 36 heavy (non-hydrogen) atoms. The number of hydrogen-bond donors (Lipinski definition) is 1. The quantitative estimate of drug-likeness (QED) is 0.272. The topological polar surface area (TPSA) is 133 Å². The molecule has 4 rings (SSSR count). The first-order valence-corrected chi connectivity index (χ1v) is 12.3. The summed E-state index contributed by atoms with van der Waals surface area (Å²) in [5.74, 6) is -0.547. The summed E-state index contributed by atoms with van der Waals surface area (Å²) in [4.78, 5) is 42.0. The zero-order valence-electron chi connectivity index (χ0n) is 19.4. The Morgan fingerprint density at radius 2 is 2.03 bits per heavy atom. The number of carbonyl (C=O) groups excluding carboxylic acids is 1. The number of fused-ring (bicyclic) bond motifs is 1. The van der Waals surface area contributed by atoms with E-state index in [-0.39, 0.29) is 22.3 Å². The van der Waals surface area contributed by atoms with Gasteiger partial charge in [0.05, 0.1) is 40.5 Å². The predicted octanol–water partition coefficient (Wildman–Crippen LogP) is 3.18. The van der Waals surface area contributed by atoms with E-state index < -0.39 is 33.9 Å². The Hall–Kier alpha value is -3.77. The molecule has 2 heterocycles. The van der Waals surface area contributed by atoms with E-state index in [0.717, 1.165) is 11.3 Å². The average molecular weight is 574 g/mol. The van der Waals surface area contributed by atoms with E-state index in [4.69, 9.17) is 9.47 Å². The van der Waals surface area contributed by atoms with Gasteiger partial charge in [-0.15, -0.1) is 0 Å². The molecule has 1 atom stereocenters. The van der Waals surface area contributed by atoms with Crippen LogP contribution in [0.2, 0.25) is 0 Å². The van der Waals surface area contributed by atoms with E-state index >= 15 is 0 Å². The molecule has 12 heteroatoms. The van der Waals surface area contributed by atoms with Gasteiger partial charge in [-0.05, 0) is 43.7 Å². The Morgan fingerprint density at radius 3 is 2.64 bits per heavy atom. The molecular weight excluding hydrogens is 554 g/mol. The zero-order chi connectivity index (χ0) is 26.1. The van der Waals surface area contributed by atoms with Gasteiger partial charge >= 0.3 is 11.7 Å². The number of benzene rings is 2. The number of nitrogens with zero attached hydrogens (tertiary/aromatic N) is 3. The molecule has 1 unspecified atom stereocenters. The number of ether oxygens (including phenoxy) is 2. The number of rotatable bonds is 6. The van der Waals surface area contributed by atoms with Crippen LogP contribution >= 0.6 is 27.3 Å². The lowest BCUT2D eigenvalue weighted by Gasteiger charge is -2.24. The predicted molar refractivity (Wildman–Crippen MR) is 136 cm³/mol. The number of aromatic hydroxyl groups is 1. The Kier molecular flexibility index (Phi) is 7.09. The number of halogens is 1. The molecule has 0 aliphatic carbocycles. The largest absolute Gasteiger partial charge is 0.502 e. The molecule has 0 saturated heterocycles. The number of esters is 1. The smallest absolute Gasteiger partial charge is 0.338 e. The second-order valence-electron chi connectivity index (χ2n) is 7.70. The van der Waals surface area contributed by atoms with Crippen molar-refractivity contribution in [1.82, 2.24) is 4.57 Å². The van der Waals surface area contributed by atoms with Crippen LogP contribution in [0.15, 0.2) is 61.9 Å². The fourth-order valence-electron chi connectivity index (χ4n) is 3.89. The molecule has 0 radical (unpaired) electrons. The number of carbonyl (C=O) groups is 1. The molecule has 10 nitrogen and oxygen atoms in total. The van der Waals surface area contributed by atoms with Crippen molar-refractivity contribution in [2.24, 2.45) is 4.99 Å². The molecule has 186 valence electrons. The van der Waals surface area contributed by atoms with Crippen molar-refractivity contribution in [2.75, 3.05) is 13.7 Å². The van der Waals surface area contributed by atoms with Crippen LogP contribution < -0.4 is 19.6 Å². The second-order valence-corrected chi connectivity index (χ2v) is 9.62. The Labute approximate surface area is 216 Å². The molecule has 0 bridgehead atoms. The second kappa shape index (κ2) is 10.1. The van der Waals surface area contributed by atoms with Crippen LogP contribution in [0, 0.1) is 10.1 Å².